The highest BCUT2D eigenvalue weighted by molar-refractivity contribution is 7.92. The predicted octanol–water partition coefficient (Wildman–Crippen LogP) is 2.19. The molecule has 1 amide bonds. The maximum absolute atomic E-state index is 12.7. The van der Waals surface area contributed by atoms with Gasteiger partial charge in [0.25, 0.3) is 15.5 Å². The van der Waals surface area contributed by atoms with E-state index in [0.717, 1.165) is 6.07 Å². The van der Waals surface area contributed by atoms with Gasteiger partial charge < -0.3 is 9.80 Å². The number of anilines is 1. The molecule has 0 atom stereocenters. The monoisotopic (exact) mass is 409 g/mol. The highest BCUT2D eigenvalue weighted by Crippen LogP contribution is 2.37. The number of rotatable bonds is 4. The first kappa shape index (κ1) is 20.9. The van der Waals surface area contributed by atoms with Crippen LogP contribution in [-0.2, 0) is 14.6 Å². The first-order chi connectivity index (χ1) is 12.4. The van der Waals surface area contributed by atoms with Gasteiger partial charge in [-0.2, -0.15) is 13.2 Å². The Hall–Kier alpha value is -2.37. The Kier molecular flexibility index (Phi) is 5.68. The van der Waals surface area contributed by atoms with Gasteiger partial charge in [-0.15, -0.1) is 0 Å². The molecular formula is C15H18F3N3O5S. The van der Waals surface area contributed by atoms with Crippen LogP contribution in [-0.4, -0.2) is 56.8 Å². The van der Waals surface area contributed by atoms with Crippen molar-refractivity contribution in [3.05, 3.63) is 28.3 Å². The summed E-state index contributed by atoms with van der Waals surface area (Å²) in [5.74, 6) is -0.295. The zero-order chi connectivity index (χ0) is 20.6. The Labute approximate surface area is 153 Å². The molecule has 0 aliphatic carbocycles. The minimum absolute atomic E-state index is 0.0249. The van der Waals surface area contributed by atoms with E-state index in [0.29, 0.717) is 25.0 Å². The van der Waals surface area contributed by atoms with Crippen LogP contribution in [0.5, 0.6) is 0 Å². The van der Waals surface area contributed by atoms with Crippen LogP contribution in [0.4, 0.5) is 24.5 Å². The van der Waals surface area contributed by atoms with E-state index in [-0.39, 0.29) is 30.6 Å². The Morgan fingerprint density at radius 1 is 1.26 bits per heavy atom. The smallest absolute Gasteiger partial charge is 0.366 e. The number of nitro benzene ring substituents is 1. The number of piperidine rings is 1. The van der Waals surface area contributed by atoms with Crippen molar-refractivity contribution in [1.29, 1.82) is 0 Å². The van der Waals surface area contributed by atoms with Crippen molar-refractivity contribution in [2.75, 3.05) is 32.1 Å². The van der Waals surface area contributed by atoms with Gasteiger partial charge in [-0.3, -0.25) is 14.9 Å². The third-order valence-electron chi connectivity index (χ3n) is 4.38. The molecule has 0 saturated carbocycles. The molecule has 1 aromatic carbocycles. The number of carbonyl (C=O) groups excluding carboxylic acids is 1. The number of sulfone groups is 1. The standard InChI is InChI=1S/C15H18F3N3O5S/c1-19(2)14(22)10-5-7-20(8-6-10)12-4-3-11(9-13(12)21(23)24)27(25,26)15(16,17)18/h3-4,9-10H,5-8H2,1-2H3. The summed E-state index contributed by atoms with van der Waals surface area (Å²) in [6.07, 6.45) is 0.855. The van der Waals surface area contributed by atoms with E-state index in [4.69, 9.17) is 0 Å². The van der Waals surface area contributed by atoms with Crippen molar-refractivity contribution >= 4 is 27.1 Å². The highest BCUT2D eigenvalue weighted by atomic mass is 32.2. The van der Waals surface area contributed by atoms with Gasteiger partial charge >= 0.3 is 5.51 Å². The summed E-state index contributed by atoms with van der Waals surface area (Å²) in [6, 6.07) is 2.14. The molecule has 0 bridgehead atoms. The number of halogens is 3. The van der Waals surface area contributed by atoms with Crippen molar-refractivity contribution in [1.82, 2.24) is 4.90 Å². The lowest BCUT2D eigenvalue weighted by Crippen LogP contribution is -2.40. The van der Waals surface area contributed by atoms with Crippen molar-refractivity contribution in [2.45, 2.75) is 23.2 Å². The summed E-state index contributed by atoms with van der Waals surface area (Å²) in [5.41, 5.74) is -6.25. The molecule has 0 aromatic heterocycles. The van der Waals surface area contributed by atoms with Gasteiger partial charge in [0.05, 0.1) is 9.82 Å². The summed E-state index contributed by atoms with van der Waals surface area (Å²) in [7, 11) is -2.43. The Morgan fingerprint density at radius 2 is 1.81 bits per heavy atom. The molecule has 0 radical (unpaired) electrons. The summed E-state index contributed by atoms with van der Waals surface area (Å²) in [4.78, 5) is 24.2. The molecule has 12 heteroatoms. The third-order valence-corrected chi connectivity index (χ3v) is 5.87. The van der Waals surface area contributed by atoms with E-state index in [1.165, 1.54) is 4.90 Å². The molecule has 1 aliphatic rings. The summed E-state index contributed by atoms with van der Waals surface area (Å²) >= 11 is 0. The predicted molar refractivity (Wildman–Crippen MR) is 90.0 cm³/mol. The zero-order valence-electron chi connectivity index (χ0n) is 14.6. The van der Waals surface area contributed by atoms with Crippen molar-refractivity contribution < 1.29 is 31.3 Å². The van der Waals surface area contributed by atoms with Gasteiger partial charge in [-0.05, 0) is 25.0 Å². The van der Waals surface area contributed by atoms with Gasteiger partial charge in [0.15, 0.2) is 0 Å². The van der Waals surface area contributed by atoms with Gasteiger partial charge in [-0.25, -0.2) is 8.42 Å². The molecule has 150 valence electrons. The summed E-state index contributed by atoms with van der Waals surface area (Å²) in [5, 5.41) is 11.3. The largest absolute Gasteiger partial charge is 0.501 e. The van der Waals surface area contributed by atoms with E-state index < -0.39 is 30.9 Å². The van der Waals surface area contributed by atoms with Gasteiger partial charge in [-0.1, -0.05) is 0 Å². The SMILES string of the molecule is CN(C)C(=O)C1CCN(c2ccc(S(=O)(=O)C(F)(F)F)cc2[N+](=O)[O-])CC1. The maximum atomic E-state index is 12.7. The molecular weight excluding hydrogens is 391 g/mol. The van der Waals surface area contributed by atoms with Crippen LogP contribution in [0.25, 0.3) is 0 Å². The van der Waals surface area contributed by atoms with E-state index in [1.54, 1.807) is 19.0 Å². The fourth-order valence-corrected chi connectivity index (χ4v) is 3.73. The first-order valence-corrected chi connectivity index (χ1v) is 9.40. The molecule has 27 heavy (non-hydrogen) atoms. The lowest BCUT2D eigenvalue weighted by atomic mass is 9.95. The van der Waals surface area contributed by atoms with E-state index in [9.17, 15) is 36.5 Å². The maximum Gasteiger partial charge on any atom is 0.501 e. The summed E-state index contributed by atoms with van der Waals surface area (Å²) < 4.78 is 61.0. The third kappa shape index (κ3) is 4.15. The van der Waals surface area contributed by atoms with Gasteiger partial charge in [0.2, 0.25) is 5.91 Å². The van der Waals surface area contributed by atoms with Crippen LogP contribution in [0.3, 0.4) is 0 Å². The lowest BCUT2D eigenvalue weighted by Gasteiger charge is -2.33. The molecule has 8 nitrogen and oxygen atoms in total. The molecule has 0 spiro atoms. The fourth-order valence-electron chi connectivity index (χ4n) is 2.95. The fraction of sp³-hybridized carbons (Fsp3) is 0.533. The van der Waals surface area contributed by atoms with E-state index >= 15 is 0 Å². The van der Waals surface area contributed by atoms with Crippen LogP contribution in [0.15, 0.2) is 23.1 Å². The Balaban J connectivity index is 2.32. The van der Waals surface area contributed by atoms with Crippen molar-refractivity contribution in [3.8, 4) is 0 Å². The average Bonchev–Trinajstić information content (AvgIpc) is 2.59. The molecule has 1 saturated heterocycles. The number of nitro groups is 1. The topological polar surface area (TPSA) is 101 Å². The normalized spacial score (nSPS) is 16.3. The second-order valence-corrected chi connectivity index (χ2v) is 8.29. The van der Waals surface area contributed by atoms with Crippen LogP contribution < -0.4 is 4.90 Å². The molecule has 0 N–H and O–H groups in total. The number of alkyl halides is 3. The van der Waals surface area contributed by atoms with Crippen molar-refractivity contribution in [2.24, 2.45) is 5.92 Å². The molecule has 1 heterocycles. The Morgan fingerprint density at radius 3 is 2.26 bits per heavy atom. The Bertz CT molecular complexity index is 847. The quantitative estimate of drug-likeness (QED) is 0.558. The summed E-state index contributed by atoms with van der Waals surface area (Å²) in [6.45, 7) is 0.576. The number of hydrogen-bond acceptors (Lipinski definition) is 6. The minimum atomic E-state index is -5.68. The number of carbonyl (C=O) groups is 1. The molecule has 0 unspecified atom stereocenters. The molecule has 1 aromatic rings. The zero-order valence-corrected chi connectivity index (χ0v) is 15.4. The second-order valence-electron chi connectivity index (χ2n) is 6.35. The first-order valence-electron chi connectivity index (χ1n) is 7.92. The number of nitrogens with zero attached hydrogens (tertiary/aromatic N) is 3. The van der Waals surface area contributed by atoms with Crippen LogP contribution in [0.2, 0.25) is 0 Å². The average molecular weight is 409 g/mol. The number of benzene rings is 1. The molecule has 1 fully saturated rings. The lowest BCUT2D eigenvalue weighted by molar-refractivity contribution is -0.384. The van der Waals surface area contributed by atoms with E-state index in [1.807, 2.05) is 0 Å². The number of hydrogen-bond donors (Lipinski definition) is 0. The van der Waals surface area contributed by atoms with Crippen molar-refractivity contribution in [3.63, 3.8) is 0 Å². The van der Waals surface area contributed by atoms with Gasteiger partial charge in [0.1, 0.15) is 5.69 Å². The highest BCUT2D eigenvalue weighted by Gasteiger charge is 2.47. The molecule has 2 rings (SSSR count). The van der Waals surface area contributed by atoms with Gasteiger partial charge in [0, 0.05) is 39.2 Å². The van der Waals surface area contributed by atoms with Crippen LogP contribution >= 0.6 is 0 Å². The number of amides is 1. The van der Waals surface area contributed by atoms with Crippen LogP contribution in [0.1, 0.15) is 12.8 Å². The molecule has 1 aliphatic heterocycles. The minimum Gasteiger partial charge on any atom is -0.366 e. The second kappa shape index (κ2) is 7.33. The van der Waals surface area contributed by atoms with Crippen LogP contribution in [0, 0.1) is 16.0 Å². The van der Waals surface area contributed by atoms with E-state index in [2.05, 4.69) is 0 Å².